The molecule has 0 spiro atoms. The van der Waals surface area contributed by atoms with Crippen molar-refractivity contribution in [3.05, 3.63) is 48.6 Å². The maximum Gasteiger partial charge on any atom is 0.472 e. The van der Waals surface area contributed by atoms with Gasteiger partial charge in [0, 0.05) is 25.7 Å². The molecular formula is C68H124O17P2. The average Bonchev–Trinajstić information content (AvgIpc) is 3.71. The van der Waals surface area contributed by atoms with Gasteiger partial charge in [0.25, 0.3) is 0 Å². The van der Waals surface area contributed by atoms with Crippen molar-refractivity contribution in [2.75, 3.05) is 39.6 Å². The van der Waals surface area contributed by atoms with Crippen LogP contribution < -0.4 is 0 Å². The van der Waals surface area contributed by atoms with E-state index in [-0.39, 0.29) is 25.7 Å². The molecular weight excluding hydrogens is 1150 g/mol. The minimum atomic E-state index is -4.96. The van der Waals surface area contributed by atoms with Gasteiger partial charge in [-0.05, 0) is 83.0 Å². The van der Waals surface area contributed by atoms with Crippen LogP contribution in [0.1, 0.15) is 298 Å². The van der Waals surface area contributed by atoms with Gasteiger partial charge in [0.05, 0.1) is 26.4 Å². The molecule has 0 radical (unpaired) electrons. The summed E-state index contributed by atoms with van der Waals surface area (Å²) in [6.45, 7) is 6.98. The Balaban J connectivity index is 5.29. The Morgan fingerprint density at radius 3 is 0.943 bits per heavy atom. The van der Waals surface area contributed by atoms with Crippen LogP contribution in [0.25, 0.3) is 0 Å². The van der Waals surface area contributed by atoms with Gasteiger partial charge in [0.1, 0.15) is 19.3 Å². The van der Waals surface area contributed by atoms with Crippen molar-refractivity contribution in [3.63, 3.8) is 0 Å². The molecule has 3 N–H and O–H groups in total. The fourth-order valence-corrected chi connectivity index (χ4v) is 10.8. The van der Waals surface area contributed by atoms with Crippen molar-refractivity contribution >= 4 is 39.5 Å². The topological polar surface area (TPSA) is 237 Å². The first-order chi connectivity index (χ1) is 42.0. The van der Waals surface area contributed by atoms with Crippen LogP contribution in [0, 0.1) is 5.92 Å². The van der Waals surface area contributed by atoms with Gasteiger partial charge in [0.2, 0.25) is 0 Å². The number of carbonyl (C=O) groups excluding carboxylic acids is 4. The summed E-state index contributed by atoms with van der Waals surface area (Å²) in [5.41, 5.74) is 0. The minimum Gasteiger partial charge on any atom is -0.462 e. The van der Waals surface area contributed by atoms with E-state index >= 15 is 0 Å². The molecule has 0 heterocycles. The van der Waals surface area contributed by atoms with Crippen LogP contribution in [-0.2, 0) is 65.4 Å². The number of unbranched alkanes of at least 4 members (excludes halogenated alkanes) is 30. The molecule has 0 rings (SSSR count). The van der Waals surface area contributed by atoms with Gasteiger partial charge in [-0.3, -0.25) is 37.3 Å². The molecule has 0 fully saturated rings. The summed E-state index contributed by atoms with van der Waals surface area (Å²) in [6.07, 6.45) is 51.8. The lowest BCUT2D eigenvalue weighted by atomic mass is 10.0. The standard InChI is InChI=1S/C68H124O17P2/c1-6-9-12-15-18-20-22-24-26-28-30-32-37-42-47-52-66(71)79-58-64(84-67(72)53-48-43-38-33-31-29-27-25-23-21-19-16-13-10-7-2)60-83-87(76,77)81-56-62(69)55-80-86(74,75)82-59-63(57-78-65(70)51-46-41-35-17-14-11-8-3)85-68(73)54-49-44-39-34-36-40-45-50-61(4)5/h20-27,61-64,69H,6-19,28-60H2,1-5H3,(H,74,75)(H,76,77)/b22-20-,23-21-,26-24-,27-25-/t62-,63+,64+/m0/s1. The molecule has 19 heteroatoms. The molecule has 5 atom stereocenters. The number of aliphatic hydroxyl groups is 1. The zero-order valence-corrected chi connectivity index (χ0v) is 56.9. The van der Waals surface area contributed by atoms with E-state index in [1.807, 2.05) is 0 Å². The third-order valence-corrected chi connectivity index (χ3v) is 16.4. The molecule has 0 aromatic heterocycles. The van der Waals surface area contributed by atoms with E-state index in [2.05, 4.69) is 83.2 Å². The molecule has 0 amide bonds. The number of ether oxygens (including phenoxy) is 4. The Morgan fingerprint density at radius 2 is 0.621 bits per heavy atom. The Bertz CT molecular complexity index is 1870. The summed E-state index contributed by atoms with van der Waals surface area (Å²) in [5, 5.41) is 10.5. The zero-order valence-electron chi connectivity index (χ0n) is 55.1. The molecule has 0 saturated heterocycles. The van der Waals surface area contributed by atoms with Crippen molar-refractivity contribution < 1.29 is 80.2 Å². The van der Waals surface area contributed by atoms with E-state index in [0.717, 1.165) is 135 Å². The first kappa shape index (κ1) is 84.0. The molecule has 2 unspecified atom stereocenters. The summed E-state index contributed by atoms with van der Waals surface area (Å²) in [4.78, 5) is 72.2. The van der Waals surface area contributed by atoms with Crippen molar-refractivity contribution in [2.45, 2.75) is 316 Å². The lowest BCUT2D eigenvalue weighted by Crippen LogP contribution is -2.30. The van der Waals surface area contributed by atoms with Crippen LogP contribution in [-0.4, -0.2) is 96.7 Å². The molecule has 0 aliphatic rings. The predicted octanol–water partition coefficient (Wildman–Crippen LogP) is 18.5. The predicted molar refractivity (Wildman–Crippen MR) is 349 cm³/mol. The molecule has 17 nitrogen and oxygen atoms in total. The number of hydrogen-bond donors (Lipinski definition) is 3. The largest absolute Gasteiger partial charge is 0.472 e. The number of phosphoric acid groups is 2. The van der Waals surface area contributed by atoms with Crippen LogP contribution in [0.3, 0.4) is 0 Å². The lowest BCUT2D eigenvalue weighted by molar-refractivity contribution is -0.161. The van der Waals surface area contributed by atoms with Gasteiger partial charge in [0.15, 0.2) is 12.2 Å². The SMILES string of the molecule is CCCCCC/C=C\C=C/CCCCCCCC(=O)OC[C@H](COP(=O)(O)OC[C@@H](O)COP(=O)(O)OC[C@@H](COC(=O)CCCCCCCCC)OC(=O)CCCCCCCCCC(C)C)OC(=O)CCCCCCC/C=C\C=C/CCCCCC. The second-order valence-electron chi connectivity index (χ2n) is 23.7. The van der Waals surface area contributed by atoms with E-state index in [9.17, 15) is 43.2 Å². The van der Waals surface area contributed by atoms with Crippen LogP contribution in [0.5, 0.6) is 0 Å². The first-order valence-electron chi connectivity index (χ1n) is 34.3. The van der Waals surface area contributed by atoms with Crippen LogP contribution >= 0.6 is 15.6 Å². The fourth-order valence-electron chi connectivity index (χ4n) is 9.21. The van der Waals surface area contributed by atoms with Crippen molar-refractivity contribution in [2.24, 2.45) is 5.92 Å². The van der Waals surface area contributed by atoms with Gasteiger partial charge in [-0.15, -0.1) is 0 Å². The third-order valence-electron chi connectivity index (χ3n) is 14.5. The van der Waals surface area contributed by atoms with E-state index in [0.29, 0.717) is 31.6 Å². The van der Waals surface area contributed by atoms with Gasteiger partial charge >= 0.3 is 39.5 Å². The number of phosphoric ester groups is 2. The Kier molecular flexibility index (Phi) is 58.5. The highest BCUT2D eigenvalue weighted by Gasteiger charge is 2.30. The van der Waals surface area contributed by atoms with E-state index in [1.54, 1.807) is 0 Å². The van der Waals surface area contributed by atoms with Crippen molar-refractivity contribution in [1.82, 2.24) is 0 Å². The zero-order chi connectivity index (χ0) is 64.2. The first-order valence-corrected chi connectivity index (χ1v) is 37.3. The highest BCUT2D eigenvalue weighted by atomic mass is 31.2. The van der Waals surface area contributed by atoms with Crippen LogP contribution in [0.15, 0.2) is 48.6 Å². The smallest absolute Gasteiger partial charge is 0.462 e. The molecule has 0 aromatic carbocycles. The highest BCUT2D eigenvalue weighted by molar-refractivity contribution is 7.47. The summed E-state index contributed by atoms with van der Waals surface area (Å²) < 4.78 is 68.0. The van der Waals surface area contributed by atoms with E-state index in [4.69, 9.17) is 37.0 Å². The molecule has 0 aromatic rings. The summed E-state index contributed by atoms with van der Waals surface area (Å²) in [6, 6.07) is 0. The molecule has 0 saturated carbocycles. The number of rotatable bonds is 64. The van der Waals surface area contributed by atoms with Crippen molar-refractivity contribution in [1.29, 1.82) is 0 Å². The van der Waals surface area contributed by atoms with Gasteiger partial charge in [-0.2, -0.15) is 0 Å². The Labute approximate surface area is 527 Å². The number of allylic oxidation sites excluding steroid dienone is 8. The number of aliphatic hydroxyl groups excluding tert-OH is 1. The fraction of sp³-hybridized carbons (Fsp3) is 0.824. The number of carbonyl (C=O) groups is 4. The highest BCUT2D eigenvalue weighted by Crippen LogP contribution is 2.45. The minimum absolute atomic E-state index is 0.0779. The lowest BCUT2D eigenvalue weighted by Gasteiger charge is -2.21. The van der Waals surface area contributed by atoms with Gasteiger partial charge in [-0.1, -0.05) is 244 Å². The molecule has 87 heavy (non-hydrogen) atoms. The van der Waals surface area contributed by atoms with Crippen LogP contribution in [0.4, 0.5) is 0 Å². The molecule has 0 bridgehead atoms. The maximum absolute atomic E-state index is 13.0. The van der Waals surface area contributed by atoms with Crippen molar-refractivity contribution in [3.8, 4) is 0 Å². The molecule has 0 aliphatic carbocycles. The van der Waals surface area contributed by atoms with Gasteiger partial charge in [-0.25, -0.2) is 9.13 Å². The molecule has 0 aliphatic heterocycles. The Hall–Kier alpha value is -2.98. The Morgan fingerprint density at radius 1 is 0.356 bits per heavy atom. The van der Waals surface area contributed by atoms with Gasteiger partial charge < -0.3 is 33.8 Å². The summed E-state index contributed by atoms with van der Waals surface area (Å²) in [7, 11) is -9.91. The monoisotopic (exact) mass is 1270 g/mol. The number of hydrogen-bond acceptors (Lipinski definition) is 15. The van der Waals surface area contributed by atoms with Crippen LogP contribution in [0.2, 0.25) is 0 Å². The van der Waals surface area contributed by atoms with E-state index < -0.39 is 97.5 Å². The second kappa shape index (κ2) is 60.6. The maximum atomic E-state index is 13.0. The summed E-state index contributed by atoms with van der Waals surface area (Å²) >= 11 is 0. The van der Waals surface area contributed by atoms with E-state index in [1.165, 1.54) is 77.0 Å². The summed E-state index contributed by atoms with van der Waals surface area (Å²) in [5.74, 6) is -1.50. The third kappa shape index (κ3) is 61.6. The molecule has 508 valence electrons. The quantitative estimate of drug-likeness (QED) is 0.0169. The normalized spacial score (nSPS) is 14.5. The number of esters is 4. The second-order valence-corrected chi connectivity index (χ2v) is 26.6. The average molecular weight is 1280 g/mol.